The van der Waals surface area contributed by atoms with E-state index < -0.39 is 18.2 Å². The minimum absolute atomic E-state index is 0.0707. The van der Waals surface area contributed by atoms with Gasteiger partial charge >= 0.3 is 5.97 Å². The van der Waals surface area contributed by atoms with Crippen LogP contribution < -0.4 is 0 Å². The molecule has 0 bridgehead atoms. The van der Waals surface area contributed by atoms with E-state index in [1.165, 1.54) is 24.8 Å². The number of carboxylic acid groups (broad SMARTS) is 1. The molecule has 0 aromatic heterocycles. The van der Waals surface area contributed by atoms with Crippen LogP contribution in [0.15, 0.2) is 11.6 Å². The molecule has 3 aliphatic carbocycles. The first-order valence-electron chi connectivity index (χ1n) is 10.3. The minimum Gasteiger partial charge on any atom is -0.481 e. The Labute approximate surface area is 156 Å². The van der Waals surface area contributed by atoms with Gasteiger partial charge in [-0.3, -0.25) is 4.79 Å². The van der Waals surface area contributed by atoms with E-state index in [0.717, 1.165) is 25.7 Å². The summed E-state index contributed by atoms with van der Waals surface area (Å²) in [4.78, 5) is 10.7. The van der Waals surface area contributed by atoms with Crippen molar-refractivity contribution in [3.63, 3.8) is 0 Å². The normalized spacial score (nSPS) is 37.2. The zero-order valence-electron chi connectivity index (χ0n) is 15.7. The van der Waals surface area contributed by atoms with E-state index in [1.54, 1.807) is 0 Å². The maximum atomic E-state index is 10.7. The Morgan fingerprint density at radius 1 is 1.23 bits per heavy atom. The summed E-state index contributed by atoms with van der Waals surface area (Å²) in [6.07, 6.45) is 9.31. The first-order valence-corrected chi connectivity index (χ1v) is 10.3. The standard InChI is InChI=1S/C22H32O4/c1-14-16(8-5-9-21(25)26)17-10-13-20(24)18(22(14)17)11-12-19(23)15-6-3-2-4-7-15/h8,14-15,17-20,22-24H,2-7,9-10,13H2,1H3,(H,25,26)/b16-8+/t14-,17+,18-,19-,20+,22-/m1/s1. The summed E-state index contributed by atoms with van der Waals surface area (Å²) < 4.78 is 0. The highest BCUT2D eigenvalue weighted by Gasteiger charge is 2.51. The van der Waals surface area contributed by atoms with Crippen molar-refractivity contribution in [2.45, 2.75) is 76.9 Å². The van der Waals surface area contributed by atoms with Gasteiger partial charge in [0.1, 0.15) is 6.10 Å². The third kappa shape index (κ3) is 4.15. The van der Waals surface area contributed by atoms with Gasteiger partial charge in [0.2, 0.25) is 0 Å². The number of carboxylic acids is 1. The van der Waals surface area contributed by atoms with E-state index in [-0.39, 0.29) is 18.3 Å². The van der Waals surface area contributed by atoms with Crippen molar-refractivity contribution in [2.75, 3.05) is 0 Å². The molecule has 4 nitrogen and oxygen atoms in total. The molecule has 0 aromatic rings. The van der Waals surface area contributed by atoms with Gasteiger partial charge in [-0.05, 0) is 55.8 Å². The van der Waals surface area contributed by atoms with E-state index in [9.17, 15) is 15.0 Å². The molecule has 0 radical (unpaired) electrons. The molecule has 0 saturated heterocycles. The molecule has 0 heterocycles. The largest absolute Gasteiger partial charge is 0.481 e. The Morgan fingerprint density at radius 3 is 2.65 bits per heavy atom. The lowest BCUT2D eigenvalue weighted by molar-refractivity contribution is -0.136. The molecule has 3 aliphatic rings. The van der Waals surface area contributed by atoms with Crippen LogP contribution in [0.2, 0.25) is 0 Å². The fraction of sp³-hybridized carbons (Fsp3) is 0.773. The summed E-state index contributed by atoms with van der Waals surface area (Å²) in [5, 5.41) is 29.7. The van der Waals surface area contributed by atoms with Crippen LogP contribution in [0.3, 0.4) is 0 Å². The second-order valence-electron chi connectivity index (χ2n) is 8.41. The number of hydrogen-bond donors (Lipinski definition) is 3. The zero-order valence-corrected chi connectivity index (χ0v) is 15.7. The van der Waals surface area contributed by atoms with Crippen molar-refractivity contribution in [1.82, 2.24) is 0 Å². The first kappa shape index (κ1) is 19.5. The number of carbonyl (C=O) groups is 1. The number of aliphatic hydroxyl groups excluding tert-OH is 2. The van der Waals surface area contributed by atoms with E-state index in [2.05, 4.69) is 24.8 Å². The second-order valence-corrected chi connectivity index (χ2v) is 8.41. The molecule has 3 rings (SSSR count). The predicted molar refractivity (Wildman–Crippen MR) is 100 cm³/mol. The smallest absolute Gasteiger partial charge is 0.303 e. The minimum atomic E-state index is -0.759. The highest BCUT2D eigenvalue weighted by molar-refractivity contribution is 5.66. The molecule has 144 valence electrons. The molecule has 0 aliphatic heterocycles. The molecule has 3 saturated carbocycles. The first-order chi connectivity index (χ1) is 12.5. The molecule has 0 amide bonds. The van der Waals surface area contributed by atoms with E-state index in [0.29, 0.717) is 24.2 Å². The fourth-order valence-electron chi connectivity index (χ4n) is 5.36. The summed E-state index contributed by atoms with van der Waals surface area (Å²) in [6.45, 7) is 2.16. The summed E-state index contributed by atoms with van der Waals surface area (Å²) in [6, 6.07) is 0. The monoisotopic (exact) mass is 360 g/mol. The Balaban J connectivity index is 1.65. The lowest BCUT2D eigenvalue weighted by Gasteiger charge is -2.53. The maximum absolute atomic E-state index is 10.7. The number of aliphatic hydroxyl groups is 2. The van der Waals surface area contributed by atoms with Crippen LogP contribution >= 0.6 is 0 Å². The Kier molecular flexibility index (Phi) is 6.42. The van der Waals surface area contributed by atoms with Crippen molar-refractivity contribution >= 4 is 5.97 Å². The molecule has 3 fully saturated rings. The summed E-state index contributed by atoms with van der Waals surface area (Å²) in [7, 11) is 0. The van der Waals surface area contributed by atoms with Crippen molar-refractivity contribution in [2.24, 2.45) is 29.6 Å². The number of allylic oxidation sites excluding steroid dienone is 2. The van der Waals surface area contributed by atoms with Crippen molar-refractivity contribution < 1.29 is 20.1 Å². The molecule has 0 aromatic carbocycles. The lowest BCUT2D eigenvalue weighted by Crippen LogP contribution is -2.50. The molecule has 4 heteroatoms. The number of rotatable bonds is 4. The van der Waals surface area contributed by atoms with Crippen molar-refractivity contribution in [3.05, 3.63) is 11.6 Å². The van der Waals surface area contributed by atoms with Crippen LogP contribution in [-0.4, -0.2) is 33.5 Å². The van der Waals surface area contributed by atoms with Crippen LogP contribution in [0.1, 0.15) is 64.7 Å². The van der Waals surface area contributed by atoms with E-state index >= 15 is 0 Å². The van der Waals surface area contributed by atoms with Gasteiger partial charge in [-0.25, -0.2) is 0 Å². The molecule has 3 N–H and O–H groups in total. The van der Waals surface area contributed by atoms with Gasteiger partial charge in [0.05, 0.1) is 12.0 Å². The van der Waals surface area contributed by atoms with Crippen molar-refractivity contribution in [1.29, 1.82) is 0 Å². The van der Waals surface area contributed by atoms with E-state index in [4.69, 9.17) is 5.11 Å². The molecular formula is C22H32O4. The number of hydrogen-bond acceptors (Lipinski definition) is 3. The lowest BCUT2D eigenvalue weighted by atomic mass is 9.51. The summed E-state index contributed by atoms with van der Waals surface area (Å²) in [5.74, 6) is 6.89. The van der Waals surface area contributed by atoms with Crippen LogP contribution in [0.5, 0.6) is 0 Å². The van der Waals surface area contributed by atoms with Crippen LogP contribution in [0.25, 0.3) is 0 Å². The van der Waals surface area contributed by atoms with Gasteiger partial charge < -0.3 is 15.3 Å². The van der Waals surface area contributed by atoms with E-state index in [1.807, 2.05) is 0 Å². The SMILES string of the molecule is C[C@@H]1/C(=C\CCC(=O)O)[C@@H]2CC[C@H](O)[C@@H](C#C[C@@H](O)C3CCCCC3)[C@H]12. The average molecular weight is 360 g/mol. The molecule has 6 atom stereocenters. The van der Waals surface area contributed by atoms with Crippen LogP contribution in [0, 0.1) is 41.4 Å². The number of fused-ring (bicyclic) bond motifs is 1. The third-order valence-corrected chi connectivity index (χ3v) is 6.83. The Hall–Kier alpha value is -1.31. The van der Waals surface area contributed by atoms with Gasteiger partial charge in [-0.1, -0.05) is 49.7 Å². The topological polar surface area (TPSA) is 77.8 Å². The third-order valence-electron chi connectivity index (χ3n) is 6.83. The fourth-order valence-corrected chi connectivity index (χ4v) is 5.36. The maximum Gasteiger partial charge on any atom is 0.303 e. The Morgan fingerprint density at radius 2 is 1.96 bits per heavy atom. The molecule has 0 spiro atoms. The van der Waals surface area contributed by atoms with Gasteiger partial charge in [-0.15, -0.1) is 0 Å². The molecule has 26 heavy (non-hydrogen) atoms. The van der Waals surface area contributed by atoms with Crippen molar-refractivity contribution in [3.8, 4) is 11.8 Å². The number of aliphatic carboxylic acids is 1. The van der Waals surface area contributed by atoms with Gasteiger partial charge in [-0.2, -0.15) is 0 Å². The second kappa shape index (κ2) is 8.59. The van der Waals surface area contributed by atoms with Gasteiger partial charge in [0.15, 0.2) is 0 Å². The van der Waals surface area contributed by atoms with Gasteiger partial charge in [0, 0.05) is 6.42 Å². The van der Waals surface area contributed by atoms with Crippen LogP contribution in [0.4, 0.5) is 0 Å². The average Bonchev–Trinajstić information content (AvgIpc) is 2.64. The predicted octanol–water partition coefficient (Wildman–Crippen LogP) is 3.38. The zero-order chi connectivity index (χ0) is 18.7. The molecular weight excluding hydrogens is 328 g/mol. The Bertz CT molecular complexity index is 593. The van der Waals surface area contributed by atoms with Gasteiger partial charge in [0.25, 0.3) is 0 Å². The molecule has 0 unspecified atom stereocenters. The summed E-state index contributed by atoms with van der Waals surface area (Å²) in [5.41, 5.74) is 1.35. The highest BCUT2D eigenvalue weighted by Crippen LogP contribution is 2.55. The summed E-state index contributed by atoms with van der Waals surface area (Å²) >= 11 is 0. The highest BCUT2D eigenvalue weighted by atomic mass is 16.4. The van der Waals surface area contributed by atoms with Crippen LogP contribution in [-0.2, 0) is 4.79 Å². The quantitative estimate of drug-likeness (QED) is 0.530.